The Balaban J connectivity index is 3.05. The Hall–Kier alpha value is -1.63. The van der Waals surface area contributed by atoms with E-state index in [0.717, 1.165) is 12.3 Å². The molecule has 1 amide bonds. The zero-order chi connectivity index (χ0) is 11.5. The van der Waals surface area contributed by atoms with Crippen LogP contribution in [0.5, 0.6) is 0 Å². The molecule has 82 valence electrons. The number of hydrogen-bond acceptors (Lipinski definition) is 3. The SMILES string of the molecule is CS(=O)(=O)Nc1cc(NC=O)ccc1F. The molecule has 2 N–H and O–H groups in total. The van der Waals surface area contributed by atoms with Gasteiger partial charge in [0.25, 0.3) is 0 Å². The number of hydrogen-bond donors (Lipinski definition) is 2. The van der Waals surface area contributed by atoms with E-state index in [1.807, 2.05) is 4.72 Å². The van der Waals surface area contributed by atoms with Crippen LogP contribution >= 0.6 is 0 Å². The number of carbonyl (C=O) groups excluding carboxylic acids is 1. The summed E-state index contributed by atoms with van der Waals surface area (Å²) in [4.78, 5) is 10.1. The minimum atomic E-state index is -3.54. The highest BCUT2D eigenvalue weighted by Gasteiger charge is 2.07. The second-order valence-corrected chi connectivity index (χ2v) is 4.58. The molecule has 1 aromatic carbocycles. The molecule has 15 heavy (non-hydrogen) atoms. The fourth-order valence-electron chi connectivity index (χ4n) is 0.961. The van der Waals surface area contributed by atoms with Gasteiger partial charge in [-0.3, -0.25) is 9.52 Å². The average molecular weight is 232 g/mol. The first-order chi connectivity index (χ1) is 6.92. The Bertz CT molecular complexity index is 473. The third kappa shape index (κ3) is 3.55. The van der Waals surface area contributed by atoms with E-state index >= 15 is 0 Å². The molecule has 0 saturated heterocycles. The highest BCUT2D eigenvalue weighted by Crippen LogP contribution is 2.19. The van der Waals surface area contributed by atoms with Crippen molar-refractivity contribution in [3.8, 4) is 0 Å². The molecule has 5 nitrogen and oxygen atoms in total. The number of anilines is 2. The third-order valence-electron chi connectivity index (χ3n) is 1.49. The third-order valence-corrected chi connectivity index (χ3v) is 2.08. The number of halogens is 1. The molecular formula is C8H9FN2O3S. The number of sulfonamides is 1. The number of nitrogens with one attached hydrogen (secondary N) is 2. The van der Waals surface area contributed by atoms with E-state index in [9.17, 15) is 17.6 Å². The lowest BCUT2D eigenvalue weighted by molar-refractivity contribution is -0.105. The maximum absolute atomic E-state index is 13.1. The Morgan fingerprint density at radius 3 is 2.60 bits per heavy atom. The summed E-state index contributed by atoms with van der Waals surface area (Å²) in [6.45, 7) is 0. The summed E-state index contributed by atoms with van der Waals surface area (Å²) in [6.07, 6.45) is 1.32. The van der Waals surface area contributed by atoms with E-state index in [4.69, 9.17) is 0 Å². The van der Waals surface area contributed by atoms with Crippen LogP contribution in [0.15, 0.2) is 18.2 Å². The second kappa shape index (κ2) is 4.26. The quantitative estimate of drug-likeness (QED) is 0.753. The Morgan fingerprint density at radius 2 is 2.07 bits per heavy atom. The fourth-order valence-corrected chi connectivity index (χ4v) is 1.52. The van der Waals surface area contributed by atoms with Crippen molar-refractivity contribution in [3.63, 3.8) is 0 Å². The van der Waals surface area contributed by atoms with Crippen LogP contribution in [0.1, 0.15) is 0 Å². The van der Waals surface area contributed by atoms with Crippen molar-refractivity contribution in [2.24, 2.45) is 0 Å². The van der Waals surface area contributed by atoms with E-state index in [2.05, 4.69) is 5.32 Å². The largest absolute Gasteiger partial charge is 0.329 e. The van der Waals surface area contributed by atoms with Crippen molar-refractivity contribution in [2.75, 3.05) is 16.3 Å². The van der Waals surface area contributed by atoms with Gasteiger partial charge < -0.3 is 5.32 Å². The average Bonchev–Trinajstić information content (AvgIpc) is 2.09. The number of rotatable bonds is 4. The molecule has 7 heteroatoms. The number of carbonyl (C=O) groups is 1. The molecule has 1 rings (SSSR count). The molecule has 0 heterocycles. The predicted octanol–water partition coefficient (Wildman–Crippen LogP) is 0.765. The summed E-state index contributed by atoms with van der Waals surface area (Å²) in [5, 5.41) is 2.28. The van der Waals surface area contributed by atoms with E-state index in [-0.39, 0.29) is 5.69 Å². The van der Waals surface area contributed by atoms with Gasteiger partial charge in [-0.2, -0.15) is 0 Å². The molecule has 0 fully saturated rings. The van der Waals surface area contributed by atoms with Gasteiger partial charge >= 0.3 is 0 Å². The van der Waals surface area contributed by atoms with E-state index in [1.54, 1.807) is 0 Å². The summed E-state index contributed by atoms with van der Waals surface area (Å²) < 4.78 is 36.8. The monoisotopic (exact) mass is 232 g/mol. The molecule has 0 saturated carbocycles. The lowest BCUT2D eigenvalue weighted by Crippen LogP contribution is -2.11. The van der Waals surface area contributed by atoms with Crippen LogP contribution in [-0.4, -0.2) is 21.1 Å². The zero-order valence-corrected chi connectivity index (χ0v) is 8.64. The van der Waals surface area contributed by atoms with Crippen molar-refractivity contribution >= 4 is 27.8 Å². The van der Waals surface area contributed by atoms with Crippen LogP contribution in [0.25, 0.3) is 0 Å². The van der Waals surface area contributed by atoms with Gasteiger partial charge in [0, 0.05) is 5.69 Å². The van der Waals surface area contributed by atoms with Crippen molar-refractivity contribution in [3.05, 3.63) is 24.0 Å². The highest BCUT2D eigenvalue weighted by molar-refractivity contribution is 7.92. The standard InChI is InChI=1S/C8H9FN2O3S/c1-15(13,14)11-8-4-6(10-5-12)2-3-7(8)9/h2-5,11H,1H3,(H,10,12). The lowest BCUT2D eigenvalue weighted by Gasteiger charge is -2.06. The molecule has 0 aromatic heterocycles. The van der Waals surface area contributed by atoms with Gasteiger partial charge in [0.1, 0.15) is 5.82 Å². The Morgan fingerprint density at radius 1 is 1.40 bits per heavy atom. The zero-order valence-electron chi connectivity index (χ0n) is 7.82. The Labute approximate surface area is 86.3 Å². The van der Waals surface area contributed by atoms with E-state index in [1.165, 1.54) is 12.1 Å². The normalized spacial score (nSPS) is 10.8. The first-order valence-corrected chi connectivity index (χ1v) is 5.79. The van der Waals surface area contributed by atoms with Crippen LogP contribution in [-0.2, 0) is 14.8 Å². The van der Waals surface area contributed by atoms with Crippen molar-refractivity contribution < 1.29 is 17.6 Å². The van der Waals surface area contributed by atoms with Gasteiger partial charge in [-0.1, -0.05) is 0 Å². The molecule has 0 atom stereocenters. The van der Waals surface area contributed by atoms with Crippen molar-refractivity contribution in [2.45, 2.75) is 0 Å². The molecule has 0 aliphatic carbocycles. The summed E-state index contributed by atoms with van der Waals surface area (Å²) in [7, 11) is -3.54. The predicted molar refractivity (Wildman–Crippen MR) is 54.6 cm³/mol. The van der Waals surface area contributed by atoms with Gasteiger partial charge in [-0.05, 0) is 18.2 Å². The summed E-state index contributed by atoms with van der Waals surface area (Å²) in [5.41, 5.74) is 0.0990. The molecule has 0 spiro atoms. The molecule has 0 bridgehead atoms. The molecule has 0 unspecified atom stereocenters. The minimum Gasteiger partial charge on any atom is -0.329 e. The van der Waals surface area contributed by atoms with Crippen LogP contribution < -0.4 is 10.0 Å². The fraction of sp³-hybridized carbons (Fsp3) is 0.125. The molecular weight excluding hydrogens is 223 g/mol. The van der Waals surface area contributed by atoms with Crippen LogP contribution in [0, 0.1) is 5.82 Å². The van der Waals surface area contributed by atoms with Crippen molar-refractivity contribution in [1.82, 2.24) is 0 Å². The molecule has 0 aliphatic rings. The first kappa shape index (κ1) is 11.4. The van der Waals surface area contributed by atoms with Gasteiger partial charge in [0.2, 0.25) is 16.4 Å². The minimum absolute atomic E-state index is 0.204. The van der Waals surface area contributed by atoms with Crippen LogP contribution in [0.2, 0.25) is 0 Å². The summed E-state index contributed by atoms with van der Waals surface area (Å²) >= 11 is 0. The molecule has 0 aliphatic heterocycles. The number of benzene rings is 1. The van der Waals surface area contributed by atoms with Crippen LogP contribution in [0.4, 0.5) is 15.8 Å². The summed E-state index contributed by atoms with van der Waals surface area (Å²) in [5.74, 6) is -0.711. The van der Waals surface area contributed by atoms with Gasteiger partial charge in [-0.25, -0.2) is 12.8 Å². The first-order valence-electron chi connectivity index (χ1n) is 3.90. The summed E-state index contributed by atoms with van der Waals surface area (Å²) in [6, 6.07) is 3.56. The molecule has 0 radical (unpaired) electrons. The smallest absolute Gasteiger partial charge is 0.229 e. The Kier molecular flexibility index (Phi) is 3.25. The topological polar surface area (TPSA) is 75.3 Å². The van der Waals surface area contributed by atoms with Crippen molar-refractivity contribution in [1.29, 1.82) is 0 Å². The van der Waals surface area contributed by atoms with Gasteiger partial charge in [0.15, 0.2) is 0 Å². The molecule has 1 aromatic rings. The maximum atomic E-state index is 13.1. The maximum Gasteiger partial charge on any atom is 0.229 e. The second-order valence-electron chi connectivity index (χ2n) is 2.83. The van der Waals surface area contributed by atoms with E-state index in [0.29, 0.717) is 12.1 Å². The number of amides is 1. The highest BCUT2D eigenvalue weighted by atomic mass is 32.2. The van der Waals surface area contributed by atoms with Crippen LogP contribution in [0.3, 0.4) is 0 Å². The van der Waals surface area contributed by atoms with E-state index < -0.39 is 15.8 Å². The van der Waals surface area contributed by atoms with Gasteiger partial charge in [0.05, 0.1) is 11.9 Å². The van der Waals surface area contributed by atoms with Gasteiger partial charge in [-0.15, -0.1) is 0 Å². The lowest BCUT2D eigenvalue weighted by atomic mass is 10.3.